The quantitative estimate of drug-likeness (QED) is 0.399. The molecule has 0 unspecified atom stereocenters. The molecule has 1 nitrogen and oxygen atoms in total. The normalized spacial score (nSPS) is 20.7. The summed E-state index contributed by atoms with van der Waals surface area (Å²) in [6, 6.07) is 0. The van der Waals surface area contributed by atoms with E-state index in [1.54, 1.807) is 0 Å². The lowest BCUT2D eigenvalue weighted by Crippen LogP contribution is -2.06. The lowest BCUT2D eigenvalue weighted by atomic mass is 10.00. The average Bonchev–Trinajstić information content (AvgIpc) is 2.41. The molecule has 0 bridgehead atoms. The highest BCUT2D eigenvalue weighted by atomic mass is 14.8. The van der Waals surface area contributed by atoms with E-state index in [2.05, 4.69) is 17.5 Å². The minimum Gasteiger partial charge on any atom is -0.319 e. The highest BCUT2D eigenvalue weighted by Gasteiger charge is 2.07. The van der Waals surface area contributed by atoms with Gasteiger partial charge in [-0.15, -0.1) is 0 Å². The Morgan fingerprint density at radius 1 is 1.15 bits per heavy atom. The summed E-state index contributed by atoms with van der Waals surface area (Å²) in [6.45, 7) is 1.11. The van der Waals surface area contributed by atoms with Crippen molar-refractivity contribution in [3.63, 3.8) is 0 Å². The smallest absolute Gasteiger partial charge is 0.00173 e. The van der Waals surface area contributed by atoms with Crippen LogP contribution >= 0.6 is 0 Å². The minimum absolute atomic E-state index is 0.888. The molecule has 1 rings (SSSR count). The van der Waals surface area contributed by atoms with Gasteiger partial charge in [-0.25, -0.2) is 0 Å². The molecule has 13 heavy (non-hydrogen) atoms. The van der Waals surface area contributed by atoms with Crippen molar-refractivity contribution in [2.75, 3.05) is 13.6 Å². The molecule has 1 saturated carbocycles. The van der Waals surface area contributed by atoms with Gasteiger partial charge in [-0.2, -0.15) is 0 Å². The van der Waals surface area contributed by atoms with Gasteiger partial charge in [-0.3, -0.25) is 0 Å². The van der Waals surface area contributed by atoms with Crippen LogP contribution in [0.4, 0.5) is 0 Å². The van der Waals surface area contributed by atoms with Crippen LogP contribution in [0.2, 0.25) is 0 Å². The SMILES string of the molecule is CNCC/C=C/C1CCCCCC1. The zero-order chi connectivity index (χ0) is 9.36. The number of hydrogen-bond acceptors (Lipinski definition) is 1. The van der Waals surface area contributed by atoms with Gasteiger partial charge in [0.2, 0.25) is 0 Å². The Morgan fingerprint density at radius 3 is 2.46 bits per heavy atom. The molecule has 1 fully saturated rings. The summed E-state index contributed by atoms with van der Waals surface area (Å²) in [4.78, 5) is 0. The first-order valence-electron chi connectivity index (χ1n) is 5.74. The van der Waals surface area contributed by atoms with E-state index < -0.39 is 0 Å². The molecule has 0 aromatic rings. The summed E-state index contributed by atoms with van der Waals surface area (Å²) in [5, 5.41) is 3.17. The van der Waals surface area contributed by atoms with Gasteiger partial charge in [0.15, 0.2) is 0 Å². The van der Waals surface area contributed by atoms with Gasteiger partial charge in [-0.05, 0) is 38.8 Å². The maximum absolute atomic E-state index is 3.17. The van der Waals surface area contributed by atoms with E-state index in [0.717, 1.165) is 12.5 Å². The van der Waals surface area contributed by atoms with E-state index in [0.29, 0.717) is 0 Å². The molecule has 1 heteroatoms. The molecule has 0 aliphatic heterocycles. The van der Waals surface area contributed by atoms with Gasteiger partial charge in [0, 0.05) is 0 Å². The number of rotatable bonds is 4. The topological polar surface area (TPSA) is 12.0 Å². The second-order valence-corrected chi connectivity index (χ2v) is 4.07. The first-order valence-corrected chi connectivity index (χ1v) is 5.74. The molecule has 0 aromatic heterocycles. The van der Waals surface area contributed by atoms with Gasteiger partial charge in [0.25, 0.3) is 0 Å². The van der Waals surface area contributed by atoms with Crippen LogP contribution in [0.15, 0.2) is 12.2 Å². The highest BCUT2D eigenvalue weighted by Crippen LogP contribution is 2.23. The Morgan fingerprint density at radius 2 is 1.85 bits per heavy atom. The Hall–Kier alpha value is -0.300. The van der Waals surface area contributed by atoms with Crippen molar-refractivity contribution in [1.29, 1.82) is 0 Å². The van der Waals surface area contributed by atoms with Gasteiger partial charge in [0.1, 0.15) is 0 Å². The molecular formula is C12H23N. The molecule has 1 aliphatic rings. The van der Waals surface area contributed by atoms with Crippen molar-refractivity contribution in [1.82, 2.24) is 5.32 Å². The lowest BCUT2D eigenvalue weighted by molar-refractivity contribution is 0.557. The van der Waals surface area contributed by atoms with Crippen LogP contribution in [0.1, 0.15) is 44.9 Å². The Kier molecular flexibility index (Phi) is 5.92. The van der Waals surface area contributed by atoms with Crippen LogP contribution in [0.25, 0.3) is 0 Å². The monoisotopic (exact) mass is 181 g/mol. The van der Waals surface area contributed by atoms with E-state index in [4.69, 9.17) is 0 Å². The molecule has 1 aliphatic carbocycles. The maximum Gasteiger partial charge on any atom is -0.00173 e. The first-order chi connectivity index (χ1) is 6.43. The van der Waals surface area contributed by atoms with Crippen molar-refractivity contribution in [3.05, 3.63) is 12.2 Å². The molecule has 76 valence electrons. The summed E-state index contributed by atoms with van der Waals surface area (Å²) in [5.74, 6) is 0.888. The Bertz CT molecular complexity index is 132. The summed E-state index contributed by atoms with van der Waals surface area (Å²) in [5.41, 5.74) is 0. The van der Waals surface area contributed by atoms with Crippen LogP contribution in [-0.2, 0) is 0 Å². The second kappa shape index (κ2) is 7.14. The van der Waals surface area contributed by atoms with Gasteiger partial charge in [-0.1, -0.05) is 37.8 Å². The maximum atomic E-state index is 3.17. The van der Waals surface area contributed by atoms with Crippen LogP contribution in [0, 0.1) is 5.92 Å². The van der Waals surface area contributed by atoms with Crippen molar-refractivity contribution >= 4 is 0 Å². The summed E-state index contributed by atoms with van der Waals surface area (Å²) in [7, 11) is 2.01. The van der Waals surface area contributed by atoms with Gasteiger partial charge >= 0.3 is 0 Å². The molecular weight excluding hydrogens is 158 g/mol. The molecule has 0 aromatic carbocycles. The van der Waals surface area contributed by atoms with Crippen molar-refractivity contribution in [2.24, 2.45) is 5.92 Å². The second-order valence-electron chi connectivity index (χ2n) is 4.07. The zero-order valence-electron chi connectivity index (χ0n) is 8.89. The van der Waals surface area contributed by atoms with Crippen LogP contribution in [0.3, 0.4) is 0 Å². The first kappa shape index (κ1) is 10.8. The third-order valence-corrected chi connectivity index (χ3v) is 2.87. The summed E-state index contributed by atoms with van der Waals surface area (Å²) in [6.07, 6.45) is 14.7. The van der Waals surface area contributed by atoms with Crippen molar-refractivity contribution < 1.29 is 0 Å². The molecule has 0 saturated heterocycles. The van der Waals surface area contributed by atoms with E-state index in [1.807, 2.05) is 7.05 Å². The lowest BCUT2D eigenvalue weighted by Gasteiger charge is -2.07. The van der Waals surface area contributed by atoms with E-state index >= 15 is 0 Å². The predicted molar refractivity (Wildman–Crippen MR) is 58.9 cm³/mol. The predicted octanol–water partition coefficient (Wildman–Crippen LogP) is 3.12. The van der Waals surface area contributed by atoms with Crippen LogP contribution < -0.4 is 5.32 Å². The van der Waals surface area contributed by atoms with Crippen molar-refractivity contribution in [3.8, 4) is 0 Å². The summed E-state index contributed by atoms with van der Waals surface area (Å²) < 4.78 is 0. The average molecular weight is 181 g/mol. The standard InChI is InChI=1S/C12H23N/c1-13-11-7-6-10-12-8-4-2-3-5-9-12/h6,10,12-13H,2-5,7-9,11H2,1H3/b10-6+. The number of allylic oxidation sites excluding steroid dienone is 1. The third kappa shape index (κ3) is 5.09. The van der Waals surface area contributed by atoms with Gasteiger partial charge in [0.05, 0.1) is 0 Å². The molecule has 0 spiro atoms. The van der Waals surface area contributed by atoms with E-state index in [9.17, 15) is 0 Å². The molecule has 0 atom stereocenters. The minimum atomic E-state index is 0.888. The van der Waals surface area contributed by atoms with Gasteiger partial charge < -0.3 is 5.32 Å². The largest absolute Gasteiger partial charge is 0.319 e. The van der Waals surface area contributed by atoms with E-state index in [-0.39, 0.29) is 0 Å². The Balaban J connectivity index is 2.13. The number of hydrogen-bond donors (Lipinski definition) is 1. The van der Waals surface area contributed by atoms with Crippen LogP contribution in [0.5, 0.6) is 0 Å². The zero-order valence-corrected chi connectivity index (χ0v) is 8.89. The van der Waals surface area contributed by atoms with Crippen molar-refractivity contribution in [2.45, 2.75) is 44.9 Å². The number of nitrogens with one attached hydrogen (secondary N) is 1. The molecule has 0 heterocycles. The molecule has 0 amide bonds. The fraction of sp³-hybridized carbons (Fsp3) is 0.833. The Labute approximate surface area is 82.6 Å². The fourth-order valence-electron chi connectivity index (χ4n) is 2.02. The summed E-state index contributed by atoms with van der Waals surface area (Å²) >= 11 is 0. The molecule has 0 radical (unpaired) electrons. The fourth-order valence-corrected chi connectivity index (χ4v) is 2.02. The third-order valence-electron chi connectivity index (χ3n) is 2.87. The van der Waals surface area contributed by atoms with Crippen LogP contribution in [-0.4, -0.2) is 13.6 Å². The highest BCUT2D eigenvalue weighted by molar-refractivity contribution is 4.89. The van der Waals surface area contributed by atoms with E-state index in [1.165, 1.54) is 44.9 Å². The molecule has 1 N–H and O–H groups in total.